The molecule has 1 aromatic rings. The number of anilines is 1. The molecule has 0 aliphatic rings. The second kappa shape index (κ2) is 7.15. The number of carboxylic acid groups (broad SMARTS) is 1. The van der Waals surface area contributed by atoms with Gasteiger partial charge in [0.15, 0.2) is 0 Å². The minimum Gasteiger partial charge on any atom is -0.478 e. The molecular formula is C13H15FN2O3. The van der Waals surface area contributed by atoms with Crippen LogP contribution in [-0.2, 0) is 4.79 Å². The lowest BCUT2D eigenvalue weighted by Gasteiger charge is -2.21. The van der Waals surface area contributed by atoms with Gasteiger partial charge in [-0.1, -0.05) is 6.08 Å². The zero-order chi connectivity index (χ0) is 14.3. The summed E-state index contributed by atoms with van der Waals surface area (Å²) >= 11 is 0. The molecule has 0 unspecified atom stereocenters. The Morgan fingerprint density at radius 3 is 2.53 bits per heavy atom. The highest BCUT2D eigenvalue weighted by atomic mass is 19.1. The quantitative estimate of drug-likeness (QED) is 0.801. The minimum atomic E-state index is -1.07. The van der Waals surface area contributed by atoms with Crippen LogP contribution in [0.25, 0.3) is 0 Å². The Bertz CT molecular complexity index is 471. The van der Waals surface area contributed by atoms with Crippen molar-refractivity contribution < 1.29 is 19.1 Å². The fourth-order valence-corrected chi connectivity index (χ4v) is 1.47. The molecule has 1 rings (SSSR count). The molecule has 2 N–H and O–H groups in total. The lowest BCUT2D eigenvalue weighted by atomic mass is 10.3. The third-order valence-electron chi connectivity index (χ3n) is 2.33. The lowest BCUT2D eigenvalue weighted by Crippen LogP contribution is -2.40. The molecule has 0 aliphatic heterocycles. The molecule has 19 heavy (non-hydrogen) atoms. The van der Waals surface area contributed by atoms with Crippen molar-refractivity contribution in [3.05, 3.63) is 42.2 Å². The Balaban J connectivity index is 2.62. The molecule has 102 valence electrons. The monoisotopic (exact) mass is 266 g/mol. The molecular weight excluding hydrogens is 251 g/mol. The Kier molecular flexibility index (Phi) is 5.53. The highest BCUT2D eigenvalue weighted by Gasteiger charge is 2.12. The average Bonchev–Trinajstić information content (AvgIpc) is 2.37. The van der Waals surface area contributed by atoms with Crippen LogP contribution >= 0.6 is 0 Å². The lowest BCUT2D eigenvalue weighted by molar-refractivity contribution is -0.131. The zero-order valence-electron chi connectivity index (χ0n) is 10.5. The van der Waals surface area contributed by atoms with Gasteiger partial charge >= 0.3 is 12.0 Å². The van der Waals surface area contributed by atoms with Crippen molar-refractivity contribution in [3.8, 4) is 0 Å². The number of benzene rings is 1. The van der Waals surface area contributed by atoms with Crippen LogP contribution in [0, 0.1) is 5.82 Å². The molecule has 1 aromatic carbocycles. The maximum absolute atomic E-state index is 12.8. The summed E-state index contributed by atoms with van der Waals surface area (Å²) in [6.07, 6.45) is 2.28. The number of nitrogens with one attached hydrogen (secondary N) is 1. The summed E-state index contributed by atoms with van der Waals surface area (Å²) in [6.45, 7) is 2.32. The molecule has 0 saturated carbocycles. The normalized spacial score (nSPS) is 10.4. The number of nitrogens with zero attached hydrogens (tertiary/aromatic N) is 1. The predicted octanol–water partition coefficient (Wildman–Crippen LogP) is 2.00. The molecule has 0 aromatic heterocycles. The standard InChI is InChI=1S/C13H15FN2O3/c1-2-16(11-7-5-10(14)6-8-11)13(19)15-9-3-4-12(17)18/h3-8H,2,9H2,1H3,(H,15,19)(H,17,18)/b4-3+. The van der Waals surface area contributed by atoms with Gasteiger partial charge in [0.25, 0.3) is 0 Å². The molecule has 0 fully saturated rings. The van der Waals surface area contributed by atoms with Crippen molar-refractivity contribution in [1.29, 1.82) is 0 Å². The summed E-state index contributed by atoms with van der Waals surface area (Å²) in [4.78, 5) is 23.5. The van der Waals surface area contributed by atoms with Crippen LogP contribution in [0.2, 0.25) is 0 Å². The average molecular weight is 266 g/mol. The van der Waals surface area contributed by atoms with Crippen LogP contribution in [0.15, 0.2) is 36.4 Å². The van der Waals surface area contributed by atoms with E-state index in [9.17, 15) is 14.0 Å². The minimum absolute atomic E-state index is 0.114. The number of carbonyl (C=O) groups excluding carboxylic acids is 1. The van der Waals surface area contributed by atoms with Gasteiger partial charge in [-0.3, -0.25) is 4.90 Å². The van der Waals surface area contributed by atoms with Crippen LogP contribution in [0.3, 0.4) is 0 Å². The van der Waals surface area contributed by atoms with E-state index in [1.54, 1.807) is 6.92 Å². The number of amides is 2. The van der Waals surface area contributed by atoms with E-state index in [0.29, 0.717) is 12.2 Å². The van der Waals surface area contributed by atoms with Gasteiger partial charge in [0.2, 0.25) is 0 Å². The van der Waals surface area contributed by atoms with Crippen molar-refractivity contribution in [2.24, 2.45) is 0 Å². The molecule has 2 amide bonds. The van der Waals surface area contributed by atoms with Gasteiger partial charge in [-0.15, -0.1) is 0 Å². The number of carbonyl (C=O) groups is 2. The van der Waals surface area contributed by atoms with Gasteiger partial charge < -0.3 is 10.4 Å². The second-order valence-electron chi connectivity index (χ2n) is 3.65. The first-order valence-electron chi connectivity index (χ1n) is 5.75. The van der Waals surface area contributed by atoms with Gasteiger partial charge in [-0.2, -0.15) is 0 Å². The summed E-state index contributed by atoms with van der Waals surface area (Å²) in [5.74, 6) is -1.44. The number of aliphatic carboxylic acids is 1. The van der Waals surface area contributed by atoms with Gasteiger partial charge in [0, 0.05) is 24.9 Å². The molecule has 0 saturated heterocycles. The van der Waals surface area contributed by atoms with E-state index < -0.39 is 5.97 Å². The number of rotatable bonds is 5. The van der Waals surface area contributed by atoms with Gasteiger partial charge in [0.05, 0.1) is 0 Å². The Labute approximate surface area is 110 Å². The molecule has 6 heteroatoms. The first-order chi connectivity index (χ1) is 9.04. The van der Waals surface area contributed by atoms with Crippen molar-refractivity contribution in [2.75, 3.05) is 18.0 Å². The number of hydrogen-bond acceptors (Lipinski definition) is 2. The second-order valence-corrected chi connectivity index (χ2v) is 3.65. The van der Waals surface area contributed by atoms with Crippen LogP contribution in [-0.4, -0.2) is 30.2 Å². The van der Waals surface area contributed by atoms with Gasteiger partial charge in [0.1, 0.15) is 5.82 Å². The molecule has 5 nitrogen and oxygen atoms in total. The summed E-state index contributed by atoms with van der Waals surface area (Å²) < 4.78 is 12.8. The zero-order valence-corrected chi connectivity index (χ0v) is 10.5. The van der Waals surface area contributed by atoms with Crippen LogP contribution in [0.5, 0.6) is 0 Å². The van der Waals surface area contributed by atoms with Crippen LogP contribution in [0.4, 0.5) is 14.9 Å². The van der Waals surface area contributed by atoms with Gasteiger partial charge in [-0.25, -0.2) is 14.0 Å². The highest BCUT2D eigenvalue weighted by molar-refractivity contribution is 5.92. The van der Waals surface area contributed by atoms with E-state index >= 15 is 0 Å². The maximum atomic E-state index is 12.8. The summed E-state index contributed by atoms with van der Waals surface area (Å²) in [5.41, 5.74) is 0.573. The SMILES string of the molecule is CCN(C(=O)NC/C=C/C(=O)O)c1ccc(F)cc1. The number of carboxylic acids is 1. The summed E-state index contributed by atoms with van der Waals surface area (Å²) in [6, 6.07) is 5.19. The molecule has 0 spiro atoms. The Morgan fingerprint density at radius 2 is 2.00 bits per heavy atom. The van der Waals surface area contributed by atoms with Gasteiger partial charge in [-0.05, 0) is 31.2 Å². The summed E-state index contributed by atoms with van der Waals surface area (Å²) in [7, 11) is 0. The topological polar surface area (TPSA) is 69.6 Å². The molecule has 0 heterocycles. The largest absolute Gasteiger partial charge is 0.478 e. The van der Waals surface area contributed by atoms with Crippen LogP contribution < -0.4 is 10.2 Å². The van der Waals surface area contributed by atoms with E-state index in [-0.39, 0.29) is 18.4 Å². The van der Waals surface area contributed by atoms with E-state index in [1.807, 2.05) is 0 Å². The maximum Gasteiger partial charge on any atom is 0.328 e. The van der Waals surface area contributed by atoms with Crippen molar-refractivity contribution in [2.45, 2.75) is 6.92 Å². The number of urea groups is 1. The smallest absolute Gasteiger partial charge is 0.328 e. The summed E-state index contributed by atoms with van der Waals surface area (Å²) in [5, 5.41) is 10.9. The van der Waals surface area contributed by atoms with E-state index in [4.69, 9.17) is 5.11 Å². The van der Waals surface area contributed by atoms with E-state index in [1.165, 1.54) is 35.2 Å². The molecule has 0 radical (unpaired) electrons. The first-order valence-corrected chi connectivity index (χ1v) is 5.75. The van der Waals surface area contributed by atoms with Crippen molar-refractivity contribution >= 4 is 17.7 Å². The van der Waals surface area contributed by atoms with E-state index in [2.05, 4.69) is 5.32 Å². The third kappa shape index (κ3) is 4.79. The molecule has 0 aliphatic carbocycles. The van der Waals surface area contributed by atoms with Crippen molar-refractivity contribution in [1.82, 2.24) is 5.32 Å². The fraction of sp³-hybridized carbons (Fsp3) is 0.231. The number of hydrogen-bond donors (Lipinski definition) is 2. The molecule has 0 bridgehead atoms. The predicted molar refractivity (Wildman–Crippen MR) is 69.6 cm³/mol. The first kappa shape index (κ1) is 14.7. The molecule has 0 atom stereocenters. The van der Waals surface area contributed by atoms with E-state index in [0.717, 1.165) is 6.08 Å². The number of halogens is 1. The fourth-order valence-electron chi connectivity index (χ4n) is 1.47. The highest BCUT2D eigenvalue weighted by Crippen LogP contribution is 2.14. The third-order valence-corrected chi connectivity index (χ3v) is 2.33. The van der Waals surface area contributed by atoms with Crippen molar-refractivity contribution in [3.63, 3.8) is 0 Å². The van der Waals surface area contributed by atoms with Crippen LogP contribution in [0.1, 0.15) is 6.92 Å². The Hall–Kier alpha value is -2.37. The Morgan fingerprint density at radius 1 is 1.37 bits per heavy atom.